The van der Waals surface area contributed by atoms with Crippen molar-refractivity contribution in [3.05, 3.63) is 84.1 Å². The summed E-state index contributed by atoms with van der Waals surface area (Å²) in [6, 6.07) is 14.2. The number of carbonyl (C=O) groups excluding carboxylic acids is 3. The Labute approximate surface area is 177 Å². The van der Waals surface area contributed by atoms with Crippen molar-refractivity contribution < 1.29 is 27.9 Å². The van der Waals surface area contributed by atoms with Crippen molar-refractivity contribution in [2.45, 2.75) is 19.0 Å². The van der Waals surface area contributed by atoms with Gasteiger partial charge in [0.2, 0.25) is 5.91 Å². The third-order valence-corrected chi connectivity index (χ3v) is 5.10. The molecule has 1 unspecified atom stereocenters. The first-order chi connectivity index (χ1) is 15.0. The second-order valence-electron chi connectivity index (χ2n) is 6.98. The minimum atomic E-state index is -1.09. The molecule has 0 spiro atoms. The summed E-state index contributed by atoms with van der Waals surface area (Å²) >= 11 is 0. The molecule has 1 aliphatic heterocycles. The number of methoxy groups -OCH3 is 1. The van der Waals surface area contributed by atoms with Gasteiger partial charge < -0.3 is 14.1 Å². The second kappa shape index (κ2) is 8.43. The van der Waals surface area contributed by atoms with Crippen LogP contribution in [0.1, 0.15) is 22.5 Å². The fraction of sp³-hybridized carbons (Fsp3) is 0.174. The van der Waals surface area contributed by atoms with E-state index in [-0.39, 0.29) is 18.5 Å². The molecule has 158 valence electrons. The molecular formula is C23H19FN2O5. The first-order valence-electron chi connectivity index (χ1n) is 9.58. The summed E-state index contributed by atoms with van der Waals surface area (Å²) in [5.41, 5.74) is 0.187. The minimum absolute atomic E-state index is 0.0830. The molecule has 1 aliphatic rings. The van der Waals surface area contributed by atoms with Crippen LogP contribution in [-0.2, 0) is 16.1 Å². The number of amides is 3. The summed E-state index contributed by atoms with van der Waals surface area (Å²) in [5, 5.41) is 0. The van der Waals surface area contributed by atoms with Gasteiger partial charge in [-0.1, -0.05) is 12.1 Å². The van der Waals surface area contributed by atoms with Gasteiger partial charge in [0.1, 0.15) is 23.4 Å². The average molecular weight is 422 g/mol. The molecule has 3 amide bonds. The van der Waals surface area contributed by atoms with Crippen molar-refractivity contribution in [3.8, 4) is 5.75 Å². The molecule has 0 bridgehead atoms. The standard InChI is InChI=1S/C23H19FN2O5/c1-30-16-10-8-15(9-11-16)26-21(27)13-20(23(26)29)25(14-17-5-4-12-31-17)22(28)18-6-2-3-7-19(18)24/h2-12,20H,13-14H2,1H3. The van der Waals surface area contributed by atoms with Gasteiger partial charge in [-0.05, 0) is 48.5 Å². The quantitative estimate of drug-likeness (QED) is 0.569. The van der Waals surface area contributed by atoms with Crippen molar-refractivity contribution in [2.24, 2.45) is 0 Å². The highest BCUT2D eigenvalue weighted by Crippen LogP contribution is 2.29. The van der Waals surface area contributed by atoms with E-state index in [1.165, 1.54) is 42.5 Å². The van der Waals surface area contributed by atoms with Crippen LogP contribution in [0.4, 0.5) is 10.1 Å². The van der Waals surface area contributed by atoms with E-state index >= 15 is 0 Å². The van der Waals surface area contributed by atoms with E-state index in [4.69, 9.17) is 9.15 Å². The average Bonchev–Trinajstić information content (AvgIpc) is 3.39. The first kappa shape index (κ1) is 20.3. The number of carbonyl (C=O) groups is 3. The first-order valence-corrected chi connectivity index (χ1v) is 9.58. The summed E-state index contributed by atoms with van der Waals surface area (Å²) in [6.07, 6.45) is 1.22. The molecule has 1 atom stereocenters. The number of ether oxygens (including phenoxy) is 1. The smallest absolute Gasteiger partial charge is 0.257 e. The van der Waals surface area contributed by atoms with Crippen LogP contribution < -0.4 is 9.64 Å². The number of hydrogen-bond acceptors (Lipinski definition) is 5. The monoisotopic (exact) mass is 422 g/mol. The number of hydrogen-bond donors (Lipinski definition) is 0. The van der Waals surface area contributed by atoms with E-state index < -0.39 is 29.6 Å². The zero-order valence-corrected chi connectivity index (χ0v) is 16.7. The molecule has 4 rings (SSSR count). The van der Waals surface area contributed by atoms with Crippen molar-refractivity contribution >= 4 is 23.4 Å². The Morgan fingerprint density at radius 3 is 2.52 bits per heavy atom. The predicted molar refractivity (Wildman–Crippen MR) is 109 cm³/mol. The van der Waals surface area contributed by atoms with E-state index in [0.29, 0.717) is 17.2 Å². The molecule has 2 aromatic carbocycles. The molecule has 0 radical (unpaired) electrons. The largest absolute Gasteiger partial charge is 0.497 e. The molecule has 8 heteroatoms. The molecular weight excluding hydrogens is 403 g/mol. The number of furan rings is 1. The van der Waals surface area contributed by atoms with Crippen LogP contribution in [0.3, 0.4) is 0 Å². The third-order valence-electron chi connectivity index (χ3n) is 5.10. The maximum absolute atomic E-state index is 14.3. The Hall–Kier alpha value is -3.94. The van der Waals surface area contributed by atoms with Crippen LogP contribution in [0.25, 0.3) is 0 Å². The van der Waals surface area contributed by atoms with Gasteiger partial charge in [-0.15, -0.1) is 0 Å². The number of nitrogens with zero attached hydrogens (tertiary/aromatic N) is 2. The highest BCUT2D eigenvalue weighted by molar-refractivity contribution is 6.23. The predicted octanol–water partition coefficient (Wildman–Crippen LogP) is 3.40. The Balaban J connectivity index is 1.67. The molecule has 31 heavy (non-hydrogen) atoms. The zero-order valence-electron chi connectivity index (χ0n) is 16.7. The molecule has 0 saturated carbocycles. The number of imide groups is 1. The maximum Gasteiger partial charge on any atom is 0.257 e. The van der Waals surface area contributed by atoms with Crippen LogP contribution in [0, 0.1) is 5.82 Å². The molecule has 1 saturated heterocycles. The summed E-state index contributed by atoms with van der Waals surface area (Å²) in [5.74, 6) is -1.43. The summed E-state index contributed by atoms with van der Waals surface area (Å²) in [6.45, 7) is -0.0830. The topological polar surface area (TPSA) is 80.1 Å². The fourth-order valence-electron chi connectivity index (χ4n) is 3.55. The van der Waals surface area contributed by atoms with Gasteiger partial charge in [-0.2, -0.15) is 0 Å². The summed E-state index contributed by atoms with van der Waals surface area (Å²) < 4.78 is 24.7. The molecule has 0 N–H and O–H groups in total. The normalized spacial score (nSPS) is 15.9. The van der Waals surface area contributed by atoms with Crippen molar-refractivity contribution in [3.63, 3.8) is 0 Å². The highest BCUT2D eigenvalue weighted by Gasteiger charge is 2.45. The number of benzene rings is 2. The Bertz CT molecular complexity index is 1110. The minimum Gasteiger partial charge on any atom is -0.497 e. The van der Waals surface area contributed by atoms with Gasteiger partial charge in [0.15, 0.2) is 0 Å². The lowest BCUT2D eigenvalue weighted by Gasteiger charge is -2.27. The van der Waals surface area contributed by atoms with E-state index in [1.807, 2.05) is 0 Å². The van der Waals surface area contributed by atoms with Gasteiger partial charge in [0.05, 0.1) is 37.6 Å². The van der Waals surface area contributed by atoms with Crippen LogP contribution in [0.2, 0.25) is 0 Å². The number of anilines is 1. The Morgan fingerprint density at radius 2 is 1.87 bits per heavy atom. The number of halogens is 1. The van der Waals surface area contributed by atoms with Gasteiger partial charge in [0, 0.05) is 0 Å². The van der Waals surface area contributed by atoms with Gasteiger partial charge >= 0.3 is 0 Å². The Morgan fingerprint density at radius 1 is 1.13 bits per heavy atom. The lowest BCUT2D eigenvalue weighted by Crippen LogP contribution is -2.45. The molecule has 1 aromatic heterocycles. The molecule has 7 nitrogen and oxygen atoms in total. The summed E-state index contributed by atoms with van der Waals surface area (Å²) in [7, 11) is 1.51. The van der Waals surface area contributed by atoms with Crippen molar-refractivity contribution in [2.75, 3.05) is 12.0 Å². The maximum atomic E-state index is 14.3. The van der Waals surface area contributed by atoms with Crippen molar-refractivity contribution in [1.82, 2.24) is 4.90 Å². The number of rotatable bonds is 6. The van der Waals surface area contributed by atoms with Crippen LogP contribution in [-0.4, -0.2) is 35.8 Å². The van der Waals surface area contributed by atoms with Crippen LogP contribution in [0.15, 0.2) is 71.3 Å². The summed E-state index contributed by atoms with van der Waals surface area (Å²) in [4.78, 5) is 41.4. The lowest BCUT2D eigenvalue weighted by atomic mass is 10.1. The Kier molecular flexibility index (Phi) is 5.53. The second-order valence-corrected chi connectivity index (χ2v) is 6.98. The van der Waals surface area contributed by atoms with E-state index in [0.717, 1.165) is 4.90 Å². The van der Waals surface area contributed by atoms with Crippen LogP contribution in [0.5, 0.6) is 5.75 Å². The molecule has 0 aliphatic carbocycles. The van der Waals surface area contributed by atoms with Crippen molar-refractivity contribution in [1.29, 1.82) is 0 Å². The lowest BCUT2D eigenvalue weighted by molar-refractivity contribution is -0.122. The van der Waals surface area contributed by atoms with Crippen LogP contribution >= 0.6 is 0 Å². The molecule has 3 aromatic rings. The van der Waals surface area contributed by atoms with Gasteiger partial charge in [-0.3, -0.25) is 14.4 Å². The van der Waals surface area contributed by atoms with E-state index in [2.05, 4.69) is 0 Å². The van der Waals surface area contributed by atoms with Gasteiger partial charge in [-0.25, -0.2) is 9.29 Å². The highest BCUT2D eigenvalue weighted by atomic mass is 19.1. The fourth-order valence-corrected chi connectivity index (χ4v) is 3.55. The third kappa shape index (κ3) is 3.92. The van der Waals surface area contributed by atoms with E-state index in [9.17, 15) is 18.8 Å². The zero-order chi connectivity index (χ0) is 22.0. The molecule has 1 fully saturated rings. The molecule has 2 heterocycles. The SMILES string of the molecule is COc1ccc(N2C(=O)CC(N(Cc3ccco3)C(=O)c3ccccc3F)C2=O)cc1. The van der Waals surface area contributed by atoms with E-state index in [1.54, 1.807) is 36.4 Å². The van der Waals surface area contributed by atoms with Gasteiger partial charge in [0.25, 0.3) is 11.8 Å².